The molecular formula is C17H30N2S. The minimum atomic E-state index is 0.949. The zero-order valence-electron chi connectivity index (χ0n) is 13.4. The summed E-state index contributed by atoms with van der Waals surface area (Å²) in [5.41, 5.74) is 1.56. The molecule has 1 aliphatic rings. The first-order chi connectivity index (χ1) is 9.72. The number of likely N-dealkylation sites (tertiary alicyclic amines) is 1. The topological polar surface area (TPSA) is 15.3 Å². The van der Waals surface area contributed by atoms with Crippen molar-refractivity contribution in [2.75, 3.05) is 19.6 Å². The molecule has 1 N–H and O–H groups in total. The van der Waals surface area contributed by atoms with E-state index in [9.17, 15) is 0 Å². The van der Waals surface area contributed by atoms with Crippen molar-refractivity contribution in [3.63, 3.8) is 0 Å². The van der Waals surface area contributed by atoms with Crippen molar-refractivity contribution in [1.29, 1.82) is 0 Å². The molecule has 0 aliphatic carbocycles. The Labute approximate surface area is 128 Å². The van der Waals surface area contributed by atoms with Crippen LogP contribution in [-0.4, -0.2) is 24.5 Å². The van der Waals surface area contributed by atoms with Crippen molar-refractivity contribution in [1.82, 2.24) is 10.2 Å². The molecule has 1 aromatic heterocycles. The summed E-state index contributed by atoms with van der Waals surface area (Å²) >= 11 is 1.97. The molecule has 1 fully saturated rings. The quantitative estimate of drug-likeness (QED) is 0.724. The lowest BCUT2D eigenvalue weighted by Crippen LogP contribution is -2.20. The maximum atomic E-state index is 3.51. The number of thiophene rings is 1. The van der Waals surface area contributed by atoms with Crippen LogP contribution < -0.4 is 5.32 Å². The SMILES string of the molecule is CCCNCc1cc(CN2CCC(CCC)C2)c(C)s1. The monoisotopic (exact) mass is 294 g/mol. The van der Waals surface area contributed by atoms with Crippen LogP contribution in [0.4, 0.5) is 0 Å². The van der Waals surface area contributed by atoms with E-state index in [0.717, 1.165) is 25.6 Å². The lowest BCUT2D eigenvalue weighted by atomic mass is 10.0. The first-order valence-corrected chi connectivity index (χ1v) is 9.05. The minimum Gasteiger partial charge on any atom is -0.312 e. The predicted octanol–water partition coefficient (Wildman–Crippen LogP) is 4.18. The fourth-order valence-electron chi connectivity index (χ4n) is 3.16. The average molecular weight is 295 g/mol. The molecule has 0 aromatic carbocycles. The smallest absolute Gasteiger partial charge is 0.0299 e. The van der Waals surface area contributed by atoms with Gasteiger partial charge in [0.2, 0.25) is 0 Å². The van der Waals surface area contributed by atoms with E-state index in [2.05, 4.69) is 37.1 Å². The molecule has 1 unspecified atom stereocenters. The van der Waals surface area contributed by atoms with Crippen LogP contribution in [0, 0.1) is 12.8 Å². The Kier molecular flexibility index (Phi) is 6.53. The average Bonchev–Trinajstić information content (AvgIpc) is 2.99. The van der Waals surface area contributed by atoms with Crippen LogP contribution in [0.5, 0.6) is 0 Å². The van der Waals surface area contributed by atoms with E-state index in [1.165, 1.54) is 48.5 Å². The summed E-state index contributed by atoms with van der Waals surface area (Å²) in [4.78, 5) is 5.66. The van der Waals surface area contributed by atoms with Gasteiger partial charge in [-0.2, -0.15) is 0 Å². The zero-order valence-corrected chi connectivity index (χ0v) is 14.2. The Hall–Kier alpha value is -0.380. The van der Waals surface area contributed by atoms with Gasteiger partial charge in [0.25, 0.3) is 0 Å². The van der Waals surface area contributed by atoms with Gasteiger partial charge in [0.1, 0.15) is 0 Å². The van der Waals surface area contributed by atoms with Crippen LogP contribution in [-0.2, 0) is 13.1 Å². The van der Waals surface area contributed by atoms with Gasteiger partial charge in [-0.1, -0.05) is 20.3 Å². The number of hydrogen-bond acceptors (Lipinski definition) is 3. The van der Waals surface area contributed by atoms with Crippen molar-refractivity contribution >= 4 is 11.3 Å². The van der Waals surface area contributed by atoms with E-state index in [0.29, 0.717) is 0 Å². The van der Waals surface area contributed by atoms with Crippen LogP contribution >= 0.6 is 11.3 Å². The van der Waals surface area contributed by atoms with Gasteiger partial charge in [-0.3, -0.25) is 4.90 Å². The van der Waals surface area contributed by atoms with Gasteiger partial charge in [-0.25, -0.2) is 0 Å². The van der Waals surface area contributed by atoms with Gasteiger partial charge >= 0.3 is 0 Å². The fourth-order valence-corrected chi connectivity index (χ4v) is 4.18. The number of nitrogens with zero attached hydrogens (tertiary/aromatic N) is 1. The predicted molar refractivity (Wildman–Crippen MR) is 89.3 cm³/mol. The summed E-state index contributed by atoms with van der Waals surface area (Å²) in [6.45, 7) is 12.7. The third-order valence-corrected chi connectivity index (χ3v) is 5.35. The molecule has 20 heavy (non-hydrogen) atoms. The standard InChI is InChI=1S/C17H30N2S/c1-4-6-15-7-9-19(12-15)13-16-10-17(20-14(16)3)11-18-8-5-2/h10,15,18H,4-9,11-13H2,1-3H3. The largest absolute Gasteiger partial charge is 0.312 e. The lowest BCUT2D eigenvalue weighted by molar-refractivity contribution is 0.313. The van der Waals surface area contributed by atoms with Gasteiger partial charge < -0.3 is 5.32 Å². The minimum absolute atomic E-state index is 0.949. The molecule has 0 saturated carbocycles. The van der Waals surface area contributed by atoms with Gasteiger partial charge in [0, 0.05) is 29.4 Å². The molecule has 2 rings (SSSR count). The summed E-state index contributed by atoms with van der Waals surface area (Å²) in [6.07, 6.45) is 5.36. The number of rotatable bonds is 8. The van der Waals surface area contributed by atoms with E-state index < -0.39 is 0 Å². The zero-order chi connectivity index (χ0) is 14.4. The highest BCUT2D eigenvalue weighted by Gasteiger charge is 2.22. The van der Waals surface area contributed by atoms with Crippen LogP contribution in [0.25, 0.3) is 0 Å². The molecule has 0 amide bonds. The molecule has 0 radical (unpaired) electrons. The summed E-state index contributed by atoms with van der Waals surface area (Å²) in [5, 5.41) is 3.51. The second-order valence-corrected chi connectivity index (χ2v) is 7.49. The first-order valence-electron chi connectivity index (χ1n) is 8.24. The summed E-state index contributed by atoms with van der Waals surface area (Å²) < 4.78 is 0. The lowest BCUT2D eigenvalue weighted by Gasteiger charge is -2.15. The molecule has 2 heterocycles. The van der Waals surface area contributed by atoms with E-state index in [1.54, 1.807) is 5.56 Å². The summed E-state index contributed by atoms with van der Waals surface area (Å²) in [5.74, 6) is 0.949. The van der Waals surface area contributed by atoms with Crippen LogP contribution in [0.1, 0.15) is 54.8 Å². The molecule has 114 valence electrons. The van der Waals surface area contributed by atoms with E-state index in [-0.39, 0.29) is 0 Å². The Morgan fingerprint density at radius 2 is 2.20 bits per heavy atom. The van der Waals surface area contributed by atoms with Crippen molar-refractivity contribution < 1.29 is 0 Å². The van der Waals surface area contributed by atoms with Crippen molar-refractivity contribution in [3.8, 4) is 0 Å². The van der Waals surface area contributed by atoms with E-state index in [1.807, 2.05) is 11.3 Å². The van der Waals surface area contributed by atoms with Crippen molar-refractivity contribution in [2.24, 2.45) is 5.92 Å². The number of nitrogens with one attached hydrogen (secondary N) is 1. The van der Waals surface area contributed by atoms with Crippen molar-refractivity contribution in [3.05, 3.63) is 21.4 Å². The number of hydrogen-bond donors (Lipinski definition) is 1. The Bertz CT molecular complexity index is 400. The summed E-state index contributed by atoms with van der Waals surface area (Å²) in [6, 6.07) is 2.43. The van der Waals surface area contributed by atoms with Crippen molar-refractivity contribution in [2.45, 2.75) is 59.5 Å². The van der Waals surface area contributed by atoms with Gasteiger partial charge in [-0.15, -0.1) is 11.3 Å². The molecular weight excluding hydrogens is 264 g/mol. The van der Waals surface area contributed by atoms with Gasteiger partial charge in [-0.05, 0) is 56.8 Å². The maximum Gasteiger partial charge on any atom is 0.0299 e. The third-order valence-electron chi connectivity index (χ3n) is 4.26. The van der Waals surface area contributed by atoms with E-state index >= 15 is 0 Å². The van der Waals surface area contributed by atoms with Gasteiger partial charge in [0.05, 0.1) is 0 Å². The molecule has 0 spiro atoms. The highest BCUT2D eigenvalue weighted by atomic mass is 32.1. The molecule has 1 saturated heterocycles. The van der Waals surface area contributed by atoms with Crippen LogP contribution in [0.15, 0.2) is 6.07 Å². The highest BCUT2D eigenvalue weighted by molar-refractivity contribution is 7.12. The van der Waals surface area contributed by atoms with E-state index in [4.69, 9.17) is 0 Å². The molecule has 0 bridgehead atoms. The molecule has 2 nitrogen and oxygen atoms in total. The first kappa shape index (κ1) is 16.0. The normalized spacial score (nSPS) is 19.9. The molecule has 3 heteroatoms. The molecule has 1 aromatic rings. The second kappa shape index (κ2) is 8.16. The summed E-state index contributed by atoms with van der Waals surface area (Å²) in [7, 11) is 0. The van der Waals surface area contributed by atoms with Crippen LogP contribution in [0.3, 0.4) is 0 Å². The van der Waals surface area contributed by atoms with Crippen LogP contribution in [0.2, 0.25) is 0 Å². The third kappa shape index (κ3) is 4.57. The maximum absolute atomic E-state index is 3.51. The second-order valence-electron chi connectivity index (χ2n) is 6.15. The molecule has 1 aliphatic heterocycles. The highest BCUT2D eigenvalue weighted by Crippen LogP contribution is 2.27. The number of aryl methyl sites for hydroxylation is 1. The Balaban J connectivity index is 1.83. The fraction of sp³-hybridized carbons (Fsp3) is 0.765. The van der Waals surface area contributed by atoms with Gasteiger partial charge in [0.15, 0.2) is 0 Å². The Morgan fingerprint density at radius 3 is 2.95 bits per heavy atom. The Morgan fingerprint density at radius 1 is 1.35 bits per heavy atom. The molecule has 1 atom stereocenters.